The van der Waals surface area contributed by atoms with Gasteiger partial charge in [-0.05, 0) is 133 Å². The lowest BCUT2D eigenvalue weighted by Crippen LogP contribution is -2.55. The van der Waals surface area contributed by atoms with E-state index in [0.717, 1.165) is 135 Å². The third-order valence-electron chi connectivity index (χ3n) is 17.9. The van der Waals surface area contributed by atoms with Crippen LogP contribution < -0.4 is 16.0 Å². The molecule has 0 aromatic rings. The van der Waals surface area contributed by atoms with Gasteiger partial charge >= 0.3 is 0 Å². The number of aliphatic hydroxyl groups excluding tert-OH is 3. The molecule has 3 atom stereocenters. The standard InChI is InChI=1S/C81H147N7O9/c1-10-13-16-19-22-25-28-31-34-37-40-43-46-49-52-55-73(92)86(64-67-89)76(70(4)5)79(95)82-58-61-85(62-59-83-80(96)77(71(6)7)87(65-68-90)74(93)56-53-50-47-44-41-38-35-32-29-26-23-20-17-14-11-2)63-60-84-81(97)78(72(8)9)88(66-69-91)75(94)57-54-51-48-45-42-39-36-33-30-27-24-21-18-15-12-3/h22-27,31-36,70-72,76-78,89-91H,10-21,28-30,37-69H2,1-9H3,(H,82,95)(H,83,96)(H,84,97)/b25-22-,26-23-,27-24-,34-31-,35-32-,36-33-. The number of aliphatic hydroxyl groups is 3. The smallest absolute Gasteiger partial charge is 0.243 e. The number of nitrogens with zero attached hydrogens (tertiary/aromatic N) is 4. The summed E-state index contributed by atoms with van der Waals surface area (Å²) >= 11 is 0. The van der Waals surface area contributed by atoms with Crippen LogP contribution in [0, 0.1) is 17.8 Å². The van der Waals surface area contributed by atoms with Crippen molar-refractivity contribution in [2.75, 3.05) is 78.7 Å². The van der Waals surface area contributed by atoms with E-state index in [4.69, 9.17) is 0 Å². The molecule has 0 heterocycles. The van der Waals surface area contributed by atoms with Gasteiger partial charge in [0.25, 0.3) is 0 Å². The predicted octanol–water partition coefficient (Wildman–Crippen LogP) is 15.6. The summed E-state index contributed by atoms with van der Waals surface area (Å²) in [4.78, 5) is 90.6. The number of unbranched alkanes of at least 4 members (excludes halogenated alkanes) is 24. The Morgan fingerprint density at radius 1 is 0.299 bits per heavy atom. The highest BCUT2D eigenvalue weighted by atomic mass is 16.3. The summed E-state index contributed by atoms with van der Waals surface area (Å²) in [6, 6.07) is -2.44. The van der Waals surface area contributed by atoms with Crippen molar-refractivity contribution in [3.63, 3.8) is 0 Å². The molecule has 0 rings (SSSR count). The van der Waals surface area contributed by atoms with Gasteiger partial charge in [0, 0.05) is 78.2 Å². The largest absolute Gasteiger partial charge is 0.395 e. The highest BCUT2D eigenvalue weighted by Crippen LogP contribution is 2.20. The first-order valence-corrected chi connectivity index (χ1v) is 39.2. The van der Waals surface area contributed by atoms with E-state index >= 15 is 0 Å². The van der Waals surface area contributed by atoms with E-state index in [-0.39, 0.29) is 132 Å². The maximum atomic E-state index is 14.2. The summed E-state index contributed by atoms with van der Waals surface area (Å²) in [5.41, 5.74) is 0. The van der Waals surface area contributed by atoms with Crippen LogP contribution >= 0.6 is 0 Å². The molecule has 0 spiro atoms. The molecule has 0 bridgehead atoms. The Hall–Kier alpha value is -4.90. The average Bonchev–Trinajstić information content (AvgIpc) is 0.906. The van der Waals surface area contributed by atoms with Crippen LogP contribution in [-0.2, 0) is 28.8 Å². The molecule has 0 aromatic carbocycles. The first-order valence-electron chi connectivity index (χ1n) is 39.2. The van der Waals surface area contributed by atoms with Crippen LogP contribution in [0.15, 0.2) is 72.9 Å². The molecule has 3 unspecified atom stereocenters. The minimum absolute atomic E-state index is 0.0325. The van der Waals surface area contributed by atoms with Crippen molar-refractivity contribution >= 4 is 35.4 Å². The molecule has 16 nitrogen and oxygen atoms in total. The Labute approximate surface area is 593 Å². The van der Waals surface area contributed by atoms with E-state index in [1.807, 2.05) is 46.4 Å². The third kappa shape index (κ3) is 49.3. The maximum Gasteiger partial charge on any atom is 0.243 e. The average molecular weight is 1360 g/mol. The fourth-order valence-electron chi connectivity index (χ4n) is 12.3. The zero-order valence-corrected chi connectivity index (χ0v) is 63.4. The number of carbonyl (C=O) groups excluding carboxylic acids is 6. The minimum atomic E-state index is -0.815. The second kappa shape index (κ2) is 65.7. The Bertz CT molecular complexity index is 1910. The van der Waals surface area contributed by atoms with Crippen LogP contribution in [0.1, 0.15) is 293 Å². The molecule has 0 aromatic heterocycles. The van der Waals surface area contributed by atoms with E-state index in [1.54, 1.807) is 0 Å². The van der Waals surface area contributed by atoms with Gasteiger partial charge in [0.1, 0.15) is 18.1 Å². The normalized spacial score (nSPS) is 13.1. The van der Waals surface area contributed by atoms with E-state index in [1.165, 1.54) is 72.5 Å². The van der Waals surface area contributed by atoms with Gasteiger partial charge in [-0.2, -0.15) is 0 Å². The SMILES string of the molecule is CCCCC/C=C\C/C=C\CCCCCCCC(=O)N(CCO)C(C(=O)NCCN(CCNC(=O)C(C(C)C)N(CCO)C(=O)CCCCCCC/C=C\C/C=C\CCCCC)CCNC(=O)C(C(C)C)N(CCO)C(=O)CCCCCCC/C=C\C/C=C\CCCCC)C(C)C. The van der Waals surface area contributed by atoms with E-state index in [0.29, 0.717) is 38.9 Å². The maximum absolute atomic E-state index is 14.2. The van der Waals surface area contributed by atoms with Crippen molar-refractivity contribution in [3.05, 3.63) is 72.9 Å². The van der Waals surface area contributed by atoms with Crippen molar-refractivity contribution in [1.29, 1.82) is 0 Å². The zero-order valence-electron chi connectivity index (χ0n) is 63.4. The lowest BCUT2D eigenvalue weighted by atomic mass is 10.00. The number of carbonyl (C=O) groups is 6. The number of hydrogen-bond acceptors (Lipinski definition) is 10. The van der Waals surface area contributed by atoms with Gasteiger partial charge < -0.3 is 46.0 Å². The first kappa shape index (κ1) is 92.1. The van der Waals surface area contributed by atoms with Gasteiger partial charge in [-0.1, -0.05) is 232 Å². The Morgan fingerprint density at radius 2 is 0.515 bits per heavy atom. The highest BCUT2D eigenvalue weighted by molar-refractivity contribution is 5.89. The van der Waals surface area contributed by atoms with Crippen molar-refractivity contribution in [3.8, 4) is 0 Å². The van der Waals surface area contributed by atoms with Crippen LogP contribution in [0.25, 0.3) is 0 Å². The molecule has 560 valence electrons. The zero-order chi connectivity index (χ0) is 71.8. The molecule has 0 fully saturated rings. The lowest BCUT2D eigenvalue weighted by molar-refractivity contribution is -0.143. The second-order valence-corrected chi connectivity index (χ2v) is 27.7. The summed E-state index contributed by atoms with van der Waals surface area (Å²) < 4.78 is 0. The van der Waals surface area contributed by atoms with Crippen LogP contribution in [0.4, 0.5) is 0 Å². The number of hydrogen-bond donors (Lipinski definition) is 6. The molecule has 0 aliphatic carbocycles. The Morgan fingerprint density at radius 3 is 0.732 bits per heavy atom. The van der Waals surface area contributed by atoms with Crippen LogP contribution in [0.2, 0.25) is 0 Å². The number of allylic oxidation sites excluding steroid dienone is 12. The summed E-state index contributed by atoms with van der Waals surface area (Å²) in [7, 11) is 0. The Kier molecular flexibility index (Phi) is 62.4. The number of nitrogens with one attached hydrogen (secondary N) is 3. The van der Waals surface area contributed by atoms with Gasteiger partial charge in [-0.15, -0.1) is 0 Å². The van der Waals surface area contributed by atoms with Crippen molar-refractivity contribution in [2.24, 2.45) is 17.8 Å². The van der Waals surface area contributed by atoms with Gasteiger partial charge in [-0.25, -0.2) is 0 Å². The number of amides is 6. The molecule has 6 N–H and O–H groups in total. The van der Waals surface area contributed by atoms with E-state index in [2.05, 4.69) is 110 Å². The fraction of sp³-hybridized carbons (Fsp3) is 0.778. The molecule has 0 aliphatic heterocycles. The molecule has 97 heavy (non-hydrogen) atoms. The monoisotopic (exact) mass is 1360 g/mol. The van der Waals surface area contributed by atoms with Gasteiger partial charge in [0.15, 0.2) is 0 Å². The van der Waals surface area contributed by atoms with Crippen molar-refractivity contribution in [1.82, 2.24) is 35.6 Å². The lowest BCUT2D eigenvalue weighted by Gasteiger charge is -2.34. The first-order chi connectivity index (χ1) is 47.1. The minimum Gasteiger partial charge on any atom is -0.395 e. The van der Waals surface area contributed by atoms with Gasteiger partial charge in [0.05, 0.1) is 19.8 Å². The second-order valence-electron chi connectivity index (χ2n) is 27.7. The van der Waals surface area contributed by atoms with Gasteiger partial charge in [-0.3, -0.25) is 33.7 Å². The summed E-state index contributed by atoms with van der Waals surface area (Å²) in [6.45, 7) is 18.8. The molecular weight excluding hydrogens is 1210 g/mol. The van der Waals surface area contributed by atoms with Crippen LogP contribution in [0.3, 0.4) is 0 Å². The van der Waals surface area contributed by atoms with E-state index < -0.39 is 18.1 Å². The Balaban J connectivity index is 6.05. The summed E-state index contributed by atoms with van der Waals surface area (Å²) in [5.74, 6) is -2.24. The van der Waals surface area contributed by atoms with Crippen molar-refractivity contribution < 1.29 is 44.1 Å². The van der Waals surface area contributed by atoms with Gasteiger partial charge in [0.2, 0.25) is 35.4 Å². The molecular formula is C81H147N7O9. The van der Waals surface area contributed by atoms with E-state index in [9.17, 15) is 44.1 Å². The highest BCUT2D eigenvalue weighted by Gasteiger charge is 2.35. The molecule has 6 amide bonds. The summed E-state index contributed by atoms with van der Waals surface area (Å²) in [6.07, 6.45) is 63.1. The van der Waals surface area contributed by atoms with Crippen molar-refractivity contribution in [2.45, 2.75) is 312 Å². The number of rotatable bonds is 66. The molecule has 0 aliphatic rings. The predicted molar refractivity (Wildman–Crippen MR) is 406 cm³/mol. The topological polar surface area (TPSA) is 212 Å². The molecule has 0 saturated heterocycles. The third-order valence-corrected chi connectivity index (χ3v) is 17.9. The summed E-state index contributed by atoms with van der Waals surface area (Å²) in [5, 5.41) is 39.7. The molecule has 16 heteroatoms. The molecule has 0 saturated carbocycles. The fourth-order valence-corrected chi connectivity index (χ4v) is 12.3. The van der Waals surface area contributed by atoms with Crippen LogP contribution in [-0.4, -0.2) is 167 Å². The quantitative estimate of drug-likeness (QED) is 0.0250. The molecule has 0 radical (unpaired) electrons. The van der Waals surface area contributed by atoms with Crippen LogP contribution in [0.5, 0.6) is 0 Å².